The predicted molar refractivity (Wildman–Crippen MR) is 108 cm³/mol. The van der Waals surface area contributed by atoms with Gasteiger partial charge in [0.2, 0.25) is 5.91 Å². The third kappa shape index (κ3) is 6.67. The van der Waals surface area contributed by atoms with Crippen LogP contribution < -0.4 is 15.6 Å². The Morgan fingerprint density at radius 2 is 1.79 bits per heavy atom. The van der Waals surface area contributed by atoms with Gasteiger partial charge in [-0.3, -0.25) is 25.2 Å². The fourth-order valence-corrected chi connectivity index (χ4v) is 3.33. The van der Waals surface area contributed by atoms with Crippen LogP contribution >= 0.6 is 0 Å². The van der Waals surface area contributed by atoms with Gasteiger partial charge in [0.15, 0.2) is 6.61 Å². The molecular formula is C22H21F4N3O4. The van der Waals surface area contributed by atoms with E-state index < -0.39 is 41.9 Å². The summed E-state index contributed by atoms with van der Waals surface area (Å²) in [5.74, 6) is -2.79. The molecule has 3 amide bonds. The van der Waals surface area contributed by atoms with Crippen LogP contribution in [0.25, 0.3) is 0 Å². The lowest BCUT2D eigenvalue weighted by Crippen LogP contribution is -2.50. The van der Waals surface area contributed by atoms with Crippen molar-refractivity contribution in [3.05, 3.63) is 65.5 Å². The summed E-state index contributed by atoms with van der Waals surface area (Å²) in [6.07, 6.45) is -3.48. The van der Waals surface area contributed by atoms with E-state index >= 15 is 0 Å². The Morgan fingerprint density at radius 1 is 1.06 bits per heavy atom. The Balaban J connectivity index is 1.46. The van der Waals surface area contributed by atoms with E-state index in [0.717, 1.165) is 18.2 Å². The first kappa shape index (κ1) is 24.0. The zero-order chi connectivity index (χ0) is 24.0. The molecule has 1 atom stereocenters. The van der Waals surface area contributed by atoms with Crippen LogP contribution in [0.1, 0.15) is 28.8 Å². The van der Waals surface area contributed by atoms with E-state index in [9.17, 15) is 31.9 Å². The van der Waals surface area contributed by atoms with Gasteiger partial charge in [-0.1, -0.05) is 6.07 Å². The monoisotopic (exact) mass is 467 g/mol. The normalized spacial score (nSPS) is 16.1. The number of nitrogens with zero attached hydrogens (tertiary/aromatic N) is 1. The number of amides is 3. The minimum atomic E-state index is -4.54. The summed E-state index contributed by atoms with van der Waals surface area (Å²) in [5, 5.41) is 0. The van der Waals surface area contributed by atoms with E-state index in [0.29, 0.717) is 24.9 Å². The molecule has 1 aliphatic heterocycles. The van der Waals surface area contributed by atoms with Crippen LogP contribution in [-0.2, 0) is 15.8 Å². The molecule has 2 aromatic carbocycles. The molecule has 0 spiro atoms. The molecule has 0 saturated carbocycles. The number of ether oxygens (including phenoxy) is 1. The van der Waals surface area contributed by atoms with Crippen molar-refractivity contribution in [1.82, 2.24) is 15.8 Å². The molecular weight excluding hydrogens is 446 g/mol. The van der Waals surface area contributed by atoms with Crippen LogP contribution in [0.5, 0.6) is 5.75 Å². The number of carbonyl (C=O) groups excluding carboxylic acids is 3. The number of nitrogens with one attached hydrogen (secondary N) is 2. The molecule has 0 aliphatic carbocycles. The second kappa shape index (κ2) is 10.3. The molecule has 1 fully saturated rings. The van der Waals surface area contributed by atoms with Crippen LogP contribution in [0.15, 0.2) is 48.5 Å². The largest absolute Gasteiger partial charge is 0.484 e. The molecule has 0 bridgehead atoms. The van der Waals surface area contributed by atoms with Crippen LogP contribution in [-0.4, -0.2) is 42.3 Å². The lowest BCUT2D eigenvalue weighted by Gasteiger charge is -2.32. The third-order valence-corrected chi connectivity index (χ3v) is 5.03. The van der Waals surface area contributed by atoms with Gasteiger partial charge < -0.3 is 9.64 Å². The van der Waals surface area contributed by atoms with Crippen molar-refractivity contribution in [2.75, 3.05) is 19.7 Å². The molecule has 7 nitrogen and oxygen atoms in total. The van der Waals surface area contributed by atoms with Crippen molar-refractivity contribution < 1.29 is 36.7 Å². The van der Waals surface area contributed by atoms with Crippen molar-refractivity contribution in [2.45, 2.75) is 19.0 Å². The van der Waals surface area contributed by atoms with E-state index in [1.807, 2.05) is 0 Å². The molecule has 33 heavy (non-hydrogen) atoms. The van der Waals surface area contributed by atoms with E-state index in [-0.39, 0.29) is 18.2 Å². The first-order valence-corrected chi connectivity index (χ1v) is 10.1. The first-order chi connectivity index (χ1) is 15.6. The Labute approximate surface area is 186 Å². The molecule has 1 unspecified atom stereocenters. The molecule has 11 heteroatoms. The Morgan fingerprint density at radius 3 is 2.48 bits per heavy atom. The van der Waals surface area contributed by atoms with Crippen molar-refractivity contribution >= 4 is 17.7 Å². The lowest BCUT2D eigenvalue weighted by molar-refractivity contribution is -0.137. The van der Waals surface area contributed by atoms with E-state index in [4.69, 9.17) is 4.74 Å². The standard InChI is InChI=1S/C22H21F4N3O4/c23-17-8-6-14(7-9-17)21(32)29-10-2-3-15(12-29)20(31)28-27-19(30)13-33-18-5-1-4-16(11-18)22(24,25)26/h1,4-9,11,15H,2-3,10,12-13H2,(H,27,30)(H,28,31). The number of benzene rings is 2. The van der Waals surface area contributed by atoms with Gasteiger partial charge in [-0.2, -0.15) is 13.2 Å². The molecule has 1 heterocycles. The second-order valence-electron chi connectivity index (χ2n) is 7.45. The van der Waals surface area contributed by atoms with Gasteiger partial charge in [-0.15, -0.1) is 0 Å². The third-order valence-electron chi connectivity index (χ3n) is 5.03. The maximum atomic E-state index is 13.1. The van der Waals surface area contributed by atoms with Crippen LogP contribution in [0.4, 0.5) is 17.6 Å². The number of carbonyl (C=O) groups is 3. The number of hydrazine groups is 1. The van der Waals surface area contributed by atoms with Gasteiger partial charge in [0, 0.05) is 18.7 Å². The summed E-state index contributed by atoms with van der Waals surface area (Å²) in [6.45, 7) is -0.0444. The fourth-order valence-electron chi connectivity index (χ4n) is 3.33. The van der Waals surface area contributed by atoms with Crippen molar-refractivity contribution in [2.24, 2.45) is 5.92 Å². The lowest BCUT2D eigenvalue weighted by atomic mass is 9.96. The van der Waals surface area contributed by atoms with E-state index in [1.54, 1.807) is 0 Å². The number of hydrogen-bond donors (Lipinski definition) is 2. The molecule has 1 aliphatic rings. The Bertz CT molecular complexity index is 1010. The molecule has 1 saturated heterocycles. The van der Waals surface area contributed by atoms with Gasteiger partial charge in [0.1, 0.15) is 11.6 Å². The number of likely N-dealkylation sites (tertiary alicyclic amines) is 1. The van der Waals surface area contributed by atoms with E-state index in [2.05, 4.69) is 10.9 Å². The zero-order valence-corrected chi connectivity index (χ0v) is 17.3. The topological polar surface area (TPSA) is 87.7 Å². The van der Waals surface area contributed by atoms with Crippen LogP contribution in [0.3, 0.4) is 0 Å². The molecule has 3 rings (SSSR count). The highest BCUT2D eigenvalue weighted by molar-refractivity contribution is 5.94. The van der Waals surface area contributed by atoms with Crippen LogP contribution in [0.2, 0.25) is 0 Å². The zero-order valence-electron chi connectivity index (χ0n) is 17.3. The average molecular weight is 467 g/mol. The summed E-state index contributed by atoms with van der Waals surface area (Å²) in [5.41, 5.74) is 3.78. The second-order valence-corrected chi connectivity index (χ2v) is 7.45. The van der Waals surface area contributed by atoms with Crippen LogP contribution in [0, 0.1) is 11.7 Å². The maximum absolute atomic E-state index is 13.1. The highest BCUT2D eigenvalue weighted by Gasteiger charge is 2.31. The Hall–Kier alpha value is -3.63. The maximum Gasteiger partial charge on any atom is 0.416 e. The molecule has 0 aromatic heterocycles. The van der Waals surface area contributed by atoms with Crippen molar-refractivity contribution in [1.29, 1.82) is 0 Å². The van der Waals surface area contributed by atoms with Gasteiger partial charge in [0.25, 0.3) is 11.8 Å². The molecule has 176 valence electrons. The Kier molecular flexibility index (Phi) is 7.52. The van der Waals surface area contributed by atoms with Gasteiger partial charge in [0.05, 0.1) is 11.5 Å². The fraction of sp³-hybridized carbons (Fsp3) is 0.318. The number of halogens is 4. The van der Waals surface area contributed by atoms with Gasteiger partial charge in [-0.05, 0) is 55.3 Å². The van der Waals surface area contributed by atoms with Crippen molar-refractivity contribution in [3.63, 3.8) is 0 Å². The average Bonchev–Trinajstić information content (AvgIpc) is 2.81. The number of rotatable bonds is 5. The summed E-state index contributed by atoms with van der Waals surface area (Å²) in [6, 6.07) is 9.16. The number of hydrogen-bond acceptors (Lipinski definition) is 4. The molecule has 2 aromatic rings. The summed E-state index contributed by atoms with van der Waals surface area (Å²) in [4.78, 5) is 38.4. The summed E-state index contributed by atoms with van der Waals surface area (Å²) in [7, 11) is 0. The number of alkyl halides is 3. The minimum absolute atomic E-state index is 0.124. The van der Waals surface area contributed by atoms with Gasteiger partial charge in [-0.25, -0.2) is 4.39 Å². The quantitative estimate of drug-likeness (QED) is 0.523. The summed E-state index contributed by atoms with van der Waals surface area (Å²) < 4.78 is 56.3. The van der Waals surface area contributed by atoms with E-state index in [1.165, 1.54) is 35.2 Å². The summed E-state index contributed by atoms with van der Waals surface area (Å²) >= 11 is 0. The first-order valence-electron chi connectivity index (χ1n) is 10.1. The SMILES string of the molecule is O=C(COc1cccc(C(F)(F)F)c1)NNC(=O)C1CCCN(C(=O)c2ccc(F)cc2)C1. The van der Waals surface area contributed by atoms with Crippen molar-refractivity contribution in [3.8, 4) is 5.75 Å². The highest BCUT2D eigenvalue weighted by Crippen LogP contribution is 2.31. The van der Waals surface area contributed by atoms with Gasteiger partial charge >= 0.3 is 6.18 Å². The smallest absolute Gasteiger partial charge is 0.416 e. The minimum Gasteiger partial charge on any atom is -0.484 e. The predicted octanol–water partition coefficient (Wildman–Crippen LogP) is 2.92. The highest BCUT2D eigenvalue weighted by atomic mass is 19.4. The number of piperidine rings is 1. The molecule has 0 radical (unpaired) electrons. The molecule has 2 N–H and O–H groups in total.